The number of fused-ring (bicyclic) bond motifs is 6. The van der Waals surface area contributed by atoms with E-state index in [0.29, 0.717) is 0 Å². The molecule has 9 rings (SSSR count). The number of nitrogens with zero attached hydrogens (tertiary/aromatic N) is 2. The van der Waals surface area contributed by atoms with Gasteiger partial charge in [-0.1, -0.05) is 109 Å². The molecule has 254 valence electrons. The van der Waals surface area contributed by atoms with Gasteiger partial charge in [-0.25, -0.2) is 0 Å². The number of hydrogen-bond acceptors (Lipinski definition) is 2. The molecule has 7 aromatic carbocycles. The summed E-state index contributed by atoms with van der Waals surface area (Å²) in [5.74, 6) is 0. The molecule has 0 unspecified atom stereocenters. The molecule has 0 spiro atoms. The lowest BCUT2D eigenvalue weighted by molar-refractivity contribution is 0.0785. The van der Waals surface area contributed by atoms with Crippen molar-refractivity contribution in [2.75, 3.05) is 0 Å². The van der Waals surface area contributed by atoms with E-state index in [-0.39, 0.29) is 0 Å². The Hall–Kier alpha value is -5.94. The molecule has 2 heterocycles. The molecule has 9 aromatic rings. The standard InChI is InChI=1S/C48H40N2O2/c1-47(2,51)41-27-25-31(49-43-21-11-7-17-35(43)36-18-8-12-22-44(36)49)29-39(41)33-15-5-6-16-34(33)40-30-32(26-28-42(40)48(3,4)52)50-45-23-13-9-19-37(45)38-20-10-14-24-46(38)50/h5-30,51-52H,1-4H3. The van der Waals surface area contributed by atoms with Crippen molar-refractivity contribution >= 4 is 43.6 Å². The highest BCUT2D eigenvalue weighted by molar-refractivity contribution is 6.10. The fourth-order valence-electron chi connectivity index (χ4n) is 8.21. The van der Waals surface area contributed by atoms with Gasteiger partial charge in [-0.2, -0.15) is 0 Å². The molecule has 0 aliphatic carbocycles. The first-order valence-electron chi connectivity index (χ1n) is 17.9. The van der Waals surface area contributed by atoms with E-state index in [1.54, 1.807) is 0 Å². The summed E-state index contributed by atoms with van der Waals surface area (Å²) in [5.41, 5.74) is 9.78. The normalized spacial score (nSPS) is 12.4. The average molecular weight is 677 g/mol. The Kier molecular flexibility index (Phi) is 7.27. The predicted molar refractivity (Wildman–Crippen MR) is 216 cm³/mol. The Morgan fingerprint density at radius 1 is 0.346 bits per heavy atom. The molecule has 0 fully saturated rings. The van der Waals surface area contributed by atoms with Crippen molar-refractivity contribution < 1.29 is 10.2 Å². The molecule has 52 heavy (non-hydrogen) atoms. The van der Waals surface area contributed by atoms with Crippen molar-refractivity contribution in [3.8, 4) is 33.6 Å². The maximum Gasteiger partial charge on any atom is 0.0846 e. The predicted octanol–water partition coefficient (Wildman–Crippen LogP) is 11.7. The van der Waals surface area contributed by atoms with Gasteiger partial charge in [0.15, 0.2) is 0 Å². The lowest BCUT2D eigenvalue weighted by atomic mass is 9.83. The van der Waals surface area contributed by atoms with Crippen LogP contribution in [-0.4, -0.2) is 19.3 Å². The second-order valence-electron chi connectivity index (χ2n) is 14.9. The van der Waals surface area contributed by atoms with Crippen molar-refractivity contribution in [1.29, 1.82) is 0 Å². The Balaban J connectivity index is 1.32. The second-order valence-corrected chi connectivity index (χ2v) is 14.9. The zero-order valence-electron chi connectivity index (χ0n) is 29.8. The number of rotatable bonds is 6. The molecule has 0 bridgehead atoms. The van der Waals surface area contributed by atoms with Crippen molar-refractivity contribution in [1.82, 2.24) is 9.13 Å². The Morgan fingerprint density at radius 3 is 0.942 bits per heavy atom. The van der Waals surface area contributed by atoms with Crippen LogP contribution in [0.1, 0.15) is 38.8 Å². The fraction of sp³-hybridized carbons (Fsp3) is 0.125. The van der Waals surface area contributed by atoms with Gasteiger partial charge in [-0.15, -0.1) is 0 Å². The van der Waals surface area contributed by atoms with Crippen LogP contribution in [0.4, 0.5) is 0 Å². The van der Waals surface area contributed by atoms with E-state index < -0.39 is 11.2 Å². The summed E-state index contributed by atoms with van der Waals surface area (Å²) in [6.45, 7) is 7.39. The number of hydrogen-bond donors (Lipinski definition) is 2. The monoisotopic (exact) mass is 676 g/mol. The third-order valence-corrected chi connectivity index (χ3v) is 10.5. The molecule has 0 atom stereocenters. The van der Waals surface area contributed by atoms with Crippen LogP contribution in [0.25, 0.3) is 77.2 Å². The Morgan fingerprint density at radius 2 is 0.635 bits per heavy atom. The van der Waals surface area contributed by atoms with E-state index in [2.05, 4.69) is 167 Å². The summed E-state index contributed by atoms with van der Waals surface area (Å²) in [6, 6.07) is 55.3. The van der Waals surface area contributed by atoms with E-state index in [1.165, 1.54) is 21.5 Å². The highest BCUT2D eigenvalue weighted by Gasteiger charge is 2.27. The minimum atomic E-state index is -1.12. The fourth-order valence-corrected chi connectivity index (χ4v) is 8.21. The smallest absolute Gasteiger partial charge is 0.0846 e. The largest absolute Gasteiger partial charge is 0.386 e. The van der Waals surface area contributed by atoms with Crippen LogP contribution in [0, 0.1) is 0 Å². The summed E-state index contributed by atoms with van der Waals surface area (Å²) in [6.07, 6.45) is 0. The quantitative estimate of drug-likeness (QED) is 0.184. The van der Waals surface area contributed by atoms with E-state index in [0.717, 1.165) is 66.8 Å². The van der Waals surface area contributed by atoms with Crippen molar-refractivity contribution in [2.45, 2.75) is 38.9 Å². The van der Waals surface area contributed by atoms with E-state index in [1.807, 2.05) is 27.7 Å². The maximum absolute atomic E-state index is 11.7. The van der Waals surface area contributed by atoms with Crippen LogP contribution in [0.5, 0.6) is 0 Å². The van der Waals surface area contributed by atoms with Gasteiger partial charge >= 0.3 is 0 Å². The van der Waals surface area contributed by atoms with Gasteiger partial charge in [0.1, 0.15) is 0 Å². The van der Waals surface area contributed by atoms with E-state index in [9.17, 15) is 10.2 Å². The zero-order valence-corrected chi connectivity index (χ0v) is 29.8. The van der Waals surface area contributed by atoms with Crippen LogP contribution in [0.15, 0.2) is 158 Å². The third-order valence-electron chi connectivity index (χ3n) is 10.5. The molecule has 0 aliphatic heterocycles. The highest BCUT2D eigenvalue weighted by Crippen LogP contribution is 2.44. The van der Waals surface area contributed by atoms with E-state index >= 15 is 0 Å². The van der Waals surface area contributed by atoms with Gasteiger partial charge in [-0.3, -0.25) is 0 Å². The molecule has 0 radical (unpaired) electrons. The SMILES string of the molecule is CC(C)(O)c1ccc(-n2c3ccccc3c3ccccc32)cc1-c1ccccc1-c1cc(-n2c3ccccc3c3ccccc32)ccc1C(C)(C)O. The minimum Gasteiger partial charge on any atom is -0.386 e. The van der Waals surface area contributed by atoms with Gasteiger partial charge in [-0.05, 0) is 110 Å². The van der Waals surface area contributed by atoms with Crippen molar-refractivity contribution in [3.63, 3.8) is 0 Å². The number of aliphatic hydroxyl groups is 2. The molecule has 4 heteroatoms. The molecule has 2 aromatic heterocycles. The lowest BCUT2D eigenvalue weighted by Crippen LogP contribution is -2.18. The first-order chi connectivity index (χ1) is 25.1. The summed E-state index contributed by atoms with van der Waals surface area (Å²) in [4.78, 5) is 0. The molecule has 0 saturated carbocycles. The highest BCUT2D eigenvalue weighted by atomic mass is 16.3. The van der Waals surface area contributed by atoms with Crippen LogP contribution >= 0.6 is 0 Å². The van der Waals surface area contributed by atoms with Crippen molar-refractivity contribution in [3.05, 3.63) is 169 Å². The minimum absolute atomic E-state index is 0.827. The average Bonchev–Trinajstić information content (AvgIpc) is 3.67. The molecule has 4 nitrogen and oxygen atoms in total. The topological polar surface area (TPSA) is 50.3 Å². The van der Waals surface area contributed by atoms with Crippen molar-refractivity contribution in [2.24, 2.45) is 0 Å². The molecular formula is C48H40N2O2. The summed E-state index contributed by atoms with van der Waals surface area (Å²) >= 11 is 0. The van der Waals surface area contributed by atoms with Gasteiger partial charge < -0.3 is 19.3 Å². The lowest BCUT2D eigenvalue weighted by Gasteiger charge is -2.27. The van der Waals surface area contributed by atoms with Crippen LogP contribution in [0.3, 0.4) is 0 Å². The number of aromatic nitrogens is 2. The molecular weight excluding hydrogens is 637 g/mol. The second kappa shape index (κ2) is 11.8. The first kappa shape index (κ1) is 32.0. The van der Waals surface area contributed by atoms with Crippen LogP contribution < -0.4 is 0 Å². The zero-order chi connectivity index (χ0) is 35.8. The van der Waals surface area contributed by atoms with Gasteiger partial charge in [0, 0.05) is 32.9 Å². The molecule has 0 aliphatic rings. The van der Waals surface area contributed by atoms with Crippen LogP contribution in [0.2, 0.25) is 0 Å². The van der Waals surface area contributed by atoms with Crippen LogP contribution in [-0.2, 0) is 11.2 Å². The van der Waals surface area contributed by atoms with E-state index in [4.69, 9.17) is 0 Å². The summed E-state index contributed by atoms with van der Waals surface area (Å²) in [5, 5.41) is 28.1. The van der Waals surface area contributed by atoms with Gasteiger partial charge in [0.2, 0.25) is 0 Å². The number of para-hydroxylation sites is 4. The molecule has 0 amide bonds. The number of benzene rings is 7. The Labute approximate surface area is 303 Å². The van der Waals surface area contributed by atoms with Gasteiger partial charge in [0.25, 0.3) is 0 Å². The first-order valence-corrected chi connectivity index (χ1v) is 17.9. The third kappa shape index (κ3) is 5.06. The molecule has 2 N–H and O–H groups in total. The summed E-state index contributed by atoms with van der Waals surface area (Å²) < 4.78 is 4.63. The Bertz CT molecular complexity index is 2520. The summed E-state index contributed by atoms with van der Waals surface area (Å²) in [7, 11) is 0. The van der Waals surface area contributed by atoms with Gasteiger partial charge in [0.05, 0.1) is 33.3 Å². The molecule has 0 saturated heterocycles. The maximum atomic E-state index is 11.7.